The number of hydrogen-bond donors (Lipinski definition) is 0. The van der Waals surface area contributed by atoms with Gasteiger partial charge in [-0.25, -0.2) is 0 Å². The molecule has 130 valence electrons. The van der Waals surface area contributed by atoms with Crippen LogP contribution in [0, 0.1) is 0 Å². The minimum Gasteiger partial charge on any atom is -0.261 e. The molecule has 0 radical (unpaired) electrons. The van der Waals surface area contributed by atoms with Crippen LogP contribution >= 0.6 is 34.8 Å². The Labute approximate surface area is 167 Å². The van der Waals surface area contributed by atoms with Crippen molar-refractivity contribution in [3.63, 3.8) is 0 Å². The van der Waals surface area contributed by atoms with Crippen molar-refractivity contribution in [3.05, 3.63) is 105 Å². The number of nitrogens with zero attached hydrogens (tertiary/aromatic N) is 2. The zero-order chi connectivity index (χ0) is 18.4. The van der Waals surface area contributed by atoms with Crippen molar-refractivity contribution in [3.8, 4) is 0 Å². The lowest BCUT2D eigenvalue weighted by atomic mass is 10.1. The van der Waals surface area contributed by atoms with Gasteiger partial charge in [0.2, 0.25) is 0 Å². The fourth-order valence-electron chi connectivity index (χ4n) is 2.34. The average Bonchev–Trinajstić information content (AvgIpc) is 2.65. The van der Waals surface area contributed by atoms with Crippen LogP contribution in [-0.4, -0.2) is 12.4 Å². The normalized spacial score (nSPS) is 12.7. The lowest BCUT2D eigenvalue weighted by Crippen LogP contribution is -1.96. The van der Waals surface area contributed by atoms with E-state index in [9.17, 15) is 0 Å². The van der Waals surface area contributed by atoms with E-state index >= 15 is 0 Å². The Morgan fingerprint density at radius 3 is 1.46 bits per heavy atom. The second kappa shape index (κ2) is 9.00. The van der Waals surface area contributed by atoms with E-state index in [4.69, 9.17) is 34.8 Å². The Morgan fingerprint density at radius 1 is 0.577 bits per heavy atom. The highest BCUT2D eigenvalue weighted by molar-refractivity contribution is 6.33. The first-order valence-corrected chi connectivity index (χ1v) is 9.08. The first-order chi connectivity index (χ1) is 12.6. The molecule has 0 N–H and O–H groups in total. The third kappa shape index (κ3) is 4.73. The molecule has 1 atom stereocenters. The van der Waals surface area contributed by atoms with E-state index in [1.54, 1.807) is 12.4 Å². The second-order valence-electron chi connectivity index (χ2n) is 5.49. The Balaban J connectivity index is 1.96. The molecule has 3 aromatic rings. The van der Waals surface area contributed by atoms with Gasteiger partial charge in [0.15, 0.2) is 6.17 Å². The van der Waals surface area contributed by atoms with Crippen molar-refractivity contribution in [2.45, 2.75) is 6.17 Å². The Kier molecular flexibility index (Phi) is 6.45. The highest BCUT2D eigenvalue weighted by Crippen LogP contribution is 2.27. The van der Waals surface area contributed by atoms with E-state index in [0.29, 0.717) is 15.1 Å². The maximum Gasteiger partial charge on any atom is 0.166 e. The summed E-state index contributed by atoms with van der Waals surface area (Å²) in [7, 11) is 0. The molecule has 1 unspecified atom stereocenters. The van der Waals surface area contributed by atoms with Crippen molar-refractivity contribution in [1.82, 2.24) is 0 Å². The number of aliphatic imine (C=N–C) groups is 2. The van der Waals surface area contributed by atoms with E-state index in [1.807, 2.05) is 72.8 Å². The van der Waals surface area contributed by atoms with Gasteiger partial charge in [-0.15, -0.1) is 0 Å². The van der Waals surface area contributed by atoms with Crippen LogP contribution in [0.4, 0.5) is 0 Å². The molecule has 0 bridgehead atoms. The van der Waals surface area contributed by atoms with Gasteiger partial charge in [0, 0.05) is 44.2 Å². The number of halogens is 3. The monoisotopic (exact) mass is 400 g/mol. The second-order valence-corrected chi connectivity index (χ2v) is 6.72. The van der Waals surface area contributed by atoms with Crippen LogP contribution in [0.5, 0.6) is 0 Å². The smallest absolute Gasteiger partial charge is 0.166 e. The van der Waals surface area contributed by atoms with Gasteiger partial charge in [-0.3, -0.25) is 9.98 Å². The molecule has 0 amide bonds. The summed E-state index contributed by atoms with van der Waals surface area (Å²) in [5.41, 5.74) is 2.44. The predicted molar refractivity (Wildman–Crippen MR) is 112 cm³/mol. The van der Waals surface area contributed by atoms with E-state index in [-0.39, 0.29) is 0 Å². The van der Waals surface area contributed by atoms with Crippen molar-refractivity contribution in [1.29, 1.82) is 0 Å². The van der Waals surface area contributed by atoms with E-state index in [2.05, 4.69) is 9.98 Å². The molecule has 0 saturated heterocycles. The Bertz CT molecular complexity index is 896. The van der Waals surface area contributed by atoms with Crippen LogP contribution in [0.3, 0.4) is 0 Å². The summed E-state index contributed by atoms with van der Waals surface area (Å²) in [4.78, 5) is 9.19. The van der Waals surface area contributed by atoms with E-state index in [0.717, 1.165) is 16.7 Å². The largest absolute Gasteiger partial charge is 0.261 e. The molecule has 0 saturated carbocycles. The minimum absolute atomic E-state index is 0.503. The van der Waals surface area contributed by atoms with Crippen molar-refractivity contribution < 1.29 is 0 Å². The maximum absolute atomic E-state index is 6.35. The number of hydrogen-bond acceptors (Lipinski definition) is 2. The SMILES string of the molecule is Clc1ccccc1/C=N\C(/N=C/c1ccccc1Cl)c1ccccc1Cl. The van der Waals surface area contributed by atoms with Crippen LogP contribution in [0.2, 0.25) is 15.1 Å². The quantitative estimate of drug-likeness (QED) is 0.416. The summed E-state index contributed by atoms with van der Waals surface area (Å²) in [5.74, 6) is 0. The fraction of sp³-hybridized carbons (Fsp3) is 0.0476. The first-order valence-electron chi connectivity index (χ1n) is 7.95. The number of rotatable bonds is 5. The highest BCUT2D eigenvalue weighted by atomic mass is 35.5. The summed E-state index contributed by atoms with van der Waals surface area (Å²) >= 11 is 18.8. The molecular weight excluding hydrogens is 387 g/mol. The van der Waals surface area contributed by atoms with Gasteiger partial charge >= 0.3 is 0 Å². The van der Waals surface area contributed by atoms with Crippen LogP contribution in [-0.2, 0) is 0 Å². The van der Waals surface area contributed by atoms with Gasteiger partial charge in [-0.05, 0) is 18.2 Å². The topological polar surface area (TPSA) is 24.7 Å². The van der Waals surface area contributed by atoms with Gasteiger partial charge in [-0.1, -0.05) is 89.4 Å². The molecule has 0 aliphatic rings. The van der Waals surface area contributed by atoms with Gasteiger partial charge in [0.05, 0.1) is 0 Å². The standard InChI is InChI=1S/C21H15Cl3N2/c22-18-10-4-1-7-15(18)13-25-21(17-9-3-6-12-20(17)24)26-14-16-8-2-5-11-19(16)23/h1-14,21H/b25-13-,26-14+. The minimum atomic E-state index is -0.503. The summed E-state index contributed by atoms with van der Waals surface area (Å²) in [6, 6.07) is 22.5. The fourth-order valence-corrected chi connectivity index (χ4v) is 2.95. The van der Waals surface area contributed by atoms with E-state index in [1.165, 1.54) is 0 Å². The molecule has 3 rings (SSSR count). The zero-order valence-electron chi connectivity index (χ0n) is 13.7. The van der Waals surface area contributed by atoms with Crippen molar-refractivity contribution in [2.75, 3.05) is 0 Å². The summed E-state index contributed by atoms with van der Waals surface area (Å²) in [6.45, 7) is 0. The average molecular weight is 402 g/mol. The lowest BCUT2D eigenvalue weighted by Gasteiger charge is -2.10. The molecule has 0 spiro atoms. The van der Waals surface area contributed by atoms with Crippen LogP contribution in [0.1, 0.15) is 22.9 Å². The Hall–Kier alpha value is -2.13. The summed E-state index contributed by atoms with van der Waals surface area (Å²) < 4.78 is 0. The van der Waals surface area contributed by atoms with Gasteiger partial charge < -0.3 is 0 Å². The molecule has 0 aliphatic heterocycles. The van der Waals surface area contributed by atoms with Gasteiger partial charge in [0.25, 0.3) is 0 Å². The molecule has 0 heterocycles. The molecule has 5 heteroatoms. The summed E-state index contributed by atoms with van der Waals surface area (Å²) in [5, 5.41) is 1.86. The molecule has 26 heavy (non-hydrogen) atoms. The first kappa shape index (κ1) is 18.7. The number of benzene rings is 3. The predicted octanol–water partition coefficient (Wildman–Crippen LogP) is 6.88. The van der Waals surface area contributed by atoms with Crippen molar-refractivity contribution in [2.24, 2.45) is 9.98 Å². The highest BCUT2D eigenvalue weighted by Gasteiger charge is 2.11. The van der Waals surface area contributed by atoms with Gasteiger partial charge in [-0.2, -0.15) is 0 Å². The van der Waals surface area contributed by atoms with Crippen LogP contribution < -0.4 is 0 Å². The van der Waals surface area contributed by atoms with Crippen molar-refractivity contribution >= 4 is 47.2 Å². The molecule has 3 aromatic carbocycles. The summed E-state index contributed by atoms with van der Waals surface area (Å²) in [6.07, 6.45) is 2.91. The molecule has 2 nitrogen and oxygen atoms in total. The maximum atomic E-state index is 6.35. The molecule has 0 aliphatic carbocycles. The van der Waals surface area contributed by atoms with Crippen LogP contribution in [0.15, 0.2) is 82.8 Å². The van der Waals surface area contributed by atoms with Crippen LogP contribution in [0.25, 0.3) is 0 Å². The van der Waals surface area contributed by atoms with E-state index < -0.39 is 6.17 Å². The molecule has 0 fully saturated rings. The van der Waals surface area contributed by atoms with Gasteiger partial charge in [0.1, 0.15) is 0 Å². The zero-order valence-corrected chi connectivity index (χ0v) is 16.0. The lowest BCUT2D eigenvalue weighted by molar-refractivity contribution is 0.787. The third-order valence-corrected chi connectivity index (χ3v) is 4.74. The Morgan fingerprint density at radius 2 is 1.00 bits per heavy atom. The third-order valence-electron chi connectivity index (χ3n) is 3.70. The molecule has 0 aromatic heterocycles. The molecular formula is C21H15Cl3N2.